The summed E-state index contributed by atoms with van der Waals surface area (Å²) >= 11 is 0. The van der Waals surface area contributed by atoms with Crippen molar-refractivity contribution in [2.75, 3.05) is 11.5 Å². The molecule has 1 unspecified atom stereocenters. The number of nitrogens with zero attached hydrogens (tertiary/aromatic N) is 2. The van der Waals surface area contributed by atoms with Gasteiger partial charge in [0.1, 0.15) is 0 Å². The molecule has 6 heteroatoms. The van der Waals surface area contributed by atoms with Gasteiger partial charge in [-0.15, -0.1) is 0 Å². The maximum absolute atomic E-state index is 12.2. The average Bonchev–Trinajstić information content (AvgIpc) is 3.05. The first-order valence-corrected chi connectivity index (χ1v) is 9.73. The van der Waals surface area contributed by atoms with Crippen molar-refractivity contribution in [3.05, 3.63) is 58.9 Å². The first kappa shape index (κ1) is 16.6. The van der Waals surface area contributed by atoms with E-state index in [2.05, 4.69) is 5.10 Å². The lowest BCUT2D eigenvalue weighted by molar-refractivity contribution is 0.104. The summed E-state index contributed by atoms with van der Waals surface area (Å²) in [5, 5.41) is 4.50. The monoisotopic (exact) mass is 344 g/mol. The molecule has 0 saturated carbocycles. The third-order valence-electron chi connectivity index (χ3n) is 4.39. The molecule has 2 aromatic rings. The minimum Gasteiger partial charge on any atom is -0.289 e. The zero-order valence-electron chi connectivity index (χ0n) is 13.8. The number of aromatic nitrogens is 2. The van der Waals surface area contributed by atoms with Crippen LogP contribution in [0.2, 0.25) is 0 Å². The van der Waals surface area contributed by atoms with Crippen LogP contribution in [0.25, 0.3) is 6.08 Å². The highest BCUT2D eigenvalue weighted by Gasteiger charge is 2.31. The summed E-state index contributed by atoms with van der Waals surface area (Å²) in [6.45, 7) is 3.79. The van der Waals surface area contributed by atoms with Crippen LogP contribution in [0.5, 0.6) is 0 Å². The van der Waals surface area contributed by atoms with Crippen LogP contribution in [0.15, 0.2) is 36.4 Å². The lowest BCUT2D eigenvalue weighted by Crippen LogP contribution is -2.13. The van der Waals surface area contributed by atoms with Gasteiger partial charge in [-0.2, -0.15) is 5.10 Å². The van der Waals surface area contributed by atoms with Crippen molar-refractivity contribution in [3.8, 4) is 0 Å². The van der Waals surface area contributed by atoms with Crippen molar-refractivity contribution < 1.29 is 13.2 Å². The van der Waals surface area contributed by atoms with Crippen LogP contribution in [0, 0.1) is 13.8 Å². The Morgan fingerprint density at radius 1 is 1.25 bits per heavy atom. The number of sulfone groups is 1. The highest BCUT2D eigenvalue weighted by molar-refractivity contribution is 7.91. The number of ketones is 1. The Hall–Kier alpha value is -2.21. The predicted molar refractivity (Wildman–Crippen MR) is 93.8 cm³/mol. The van der Waals surface area contributed by atoms with E-state index in [9.17, 15) is 13.2 Å². The van der Waals surface area contributed by atoms with Gasteiger partial charge in [-0.25, -0.2) is 8.42 Å². The number of carbonyl (C=O) groups is 1. The van der Waals surface area contributed by atoms with Crippen molar-refractivity contribution in [1.82, 2.24) is 9.78 Å². The van der Waals surface area contributed by atoms with E-state index in [0.717, 1.165) is 17.0 Å². The van der Waals surface area contributed by atoms with Gasteiger partial charge < -0.3 is 0 Å². The fraction of sp³-hybridized carbons (Fsp3) is 0.333. The Morgan fingerprint density at radius 2 is 1.96 bits per heavy atom. The molecule has 0 bridgehead atoms. The second-order valence-electron chi connectivity index (χ2n) is 6.15. The summed E-state index contributed by atoms with van der Waals surface area (Å²) in [6, 6.07) is 8.97. The van der Waals surface area contributed by atoms with E-state index in [1.165, 1.54) is 0 Å². The van der Waals surface area contributed by atoms with Gasteiger partial charge in [0.05, 0.1) is 23.2 Å². The van der Waals surface area contributed by atoms with Gasteiger partial charge >= 0.3 is 0 Å². The molecular weight excluding hydrogens is 324 g/mol. The van der Waals surface area contributed by atoms with Crippen LogP contribution in [0.1, 0.15) is 39.8 Å². The number of carbonyl (C=O) groups excluding carboxylic acids is 1. The SMILES string of the molecule is Cc1nn(C2CCS(=O)(=O)C2)c(C)c1/C=C/C(=O)c1ccccc1. The lowest BCUT2D eigenvalue weighted by Gasteiger charge is -2.10. The molecule has 1 aromatic heterocycles. The molecule has 3 rings (SSSR count). The first-order valence-electron chi connectivity index (χ1n) is 7.91. The fourth-order valence-corrected chi connectivity index (χ4v) is 4.79. The molecule has 1 saturated heterocycles. The van der Waals surface area contributed by atoms with Gasteiger partial charge in [0.25, 0.3) is 0 Å². The molecule has 1 atom stereocenters. The third kappa shape index (κ3) is 3.33. The summed E-state index contributed by atoms with van der Waals surface area (Å²) in [6.07, 6.45) is 3.91. The molecule has 2 heterocycles. The minimum absolute atomic E-state index is 0.0643. The number of rotatable bonds is 4. The summed E-state index contributed by atoms with van der Waals surface area (Å²) in [5.41, 5.74) is 3.21. The Bertz CT molecular complexity index is 896. The fourth-order valence-electron chi connectivity index (χ4n) is 3.10. The van der Waals surface area contributed by atoms with Crippen molar-refractivity contribution in [1.29, 1.82) is 0 Å². The summed E-state index contributed by atoms with van der Waals surface area (Å²) in [5.74, 6) is 0.292. The van der Waals surface area contributed by atoms with E-state index in [-0.39, 0.29) is 23.3 Å². The average molecular weight is 344 g/mol. The van der Waals surface area contributed by atoms with Gasteiger partial charge in [-0.1, -0.05) is 30.3 Å². The number of hydrogen-bond acceptors (Lipinski definition) is 4. The van der Waals surface area contributed by atoms with Crippen molar-refractivity contribution >= 4 is 21.7 Å². The Balaban J connectivity index is 1.85. The maximum Gasteiger partial charge on any atom is 0.185 e. The zero-order chi connectivity index (χ0) is 17.3. The predicted octanol–water partition coefficient (Wildman–Crippen LogP) is 2.76. The van der Waals surface area contributed by atoms with Crippen molar-refractivity contribution in [3.63, 3.8) is 0 Å². The van der Waals surface area contributed by atoms with Crippen molar-refractivity contribution in [2.45, 2.75) is 26.3 Å². The summed E-state index contributed by atoms with van der Waals surface area (Å²) < 4.78 is 25.2. The molecule has 1 aliphatic rings. The molecule has 0 N–H and O–H groups in total. The molecule has 1 fully saturated rings. The van der Waals surface area contributed by atoms with E-state index in [1.54, 1.807) is 29.0 Å². The molecule has 24 heavy (non-hydrogen) atoms. The summed E-state index contributed by atoms with van der Waals surface area (Å²) in [4.78, 5) is 12.2. The van der Waals surface area contributed by atoms with Crippen LogP contribution in [0.3, 0.4) is 0 Å². The lowest BCUT2D eigenvalue weighted by atomic mass is 10.1. The molecule has 0 amide bonds. The van der Waals surface area contributed by atoms with Gasteiger partial charge in [0.2, 0.25) is 0 Å². The standard InChI is InChI=1S/C18H20N2O3S/c1-13-17(8-9-18(21)15-6-4-3-5-7-15)14(2)20(19-13)16-10-11-24(22,23)12-16/h3-9,16H,10-12H2,1-2H3/b9-8+. The van der Waals surface area contributed by atoms with Gasteiger partial charge in [-0.05, 0) is 32.4 Å². The van der Waals surface area contributed by atoms with Crippen LogP contribution >= 0.6 is 0 Å². The maximum atomic E-state index is 12.2. The molecule has 1 aromatic carbocycles. The number of allylic oxidation sites excluding steroid dienone is 1. The molecule has 0 spiro atoms. The van der Waals surface area contributed by atoms with Gasteiger partial charge in [-0.3, -0.25) is 9.48 Å². The largest absolute Gasteiger partial charge is 0.289 e. The smallest absolute Gasteiger partial charge is 0.185 e. The Morgan fingerprint density at radius 3 is 2.58 bits per heavy atom. The summed E-state index contributed by atoms with van der Waals surface area (Å²) in [7, 11) is -2.96. The topological polar surface area (TPSA) is 69.0 Å². The zero-order valence-corrected chi connectivity index (χ0v) is 14.6. The van der Waals surface area contributed by atoms with E-state index in [4.69, 9.17) is 0 Å². The van der Waals surface area contributed by atoms with Crippen LogP contribution in [-0.2, 0) is 9.84 Å². The van der Waals surface area contributed by atoms with Crippen LogP contribution in [0.4, 0.5) is 0 Å². The highest BCUT2D eigenvalue weighted by atomic mass is 32.2. The second kappa shape index (κ2) is 6.36. The Labute approximate surface area is 141 Å². The molecule has 1 aliphatic heterocycles. The molecular formula is C18H20N2O3S. The molecule has 0 aliphatic carbocycles. The van der Waals surface area contributed by atoms with Crippen LogP contribution < -0.4 is 0 Å². The highest BCUT2D eigenvalue weighted by Crippen LogP contribution is 2.27. The first-order chi connectivity index (χ1) is 11.4. The minimum atomic E-state index is -2.96. The molecule has 5 nitrogen and oxygen atoms in total. The third-order valence-corrected chi connectivity index (χ3v) is 6.15. The van der Waals surface area contributed by atoms with Gasteiger partial charge in [0, 0.05) is 16.8 Å². The normalized spacial score (nSPS) is 19.8. The van der Waals surface area contributed by atoms with E-state index in [1.807, 2.05) is 32.0 Å². The number of aryl methyl sites for hydroxylation is 1. The van der Waals surface area contributed by atoms with E-state index in [0.29, 0.717) is 12.0 Å². The van der Waals surface area contributed by atoms with E-state index < -0.39 is 9.84 Å². The quantitative estimate of drug-likeness (QED) is 0.632. The van der Waals surface area contributed by atoms with E-state index >= 15 is 0 Å². The number of benzene rings is 1. The number of hydrogen-bond donors (Lipinski definition) is 0. The molecule has 126 valence electrons. The molecule has 0 radical (unpaired) electrons. The van der Waals surface area contributed by atoms with Crippen molar-refractivity contribution in [2.24, 2.45) is 0 Å². The Kier molecular flexibility index (Phi) is 4.41. The van der Waals surface area contributed by atoms with Crippen LogP contribution in [-0.4, -0.2) is 35.5 Å². The second-order valence-corrected chi connectivity index (χ2v) is 8.38. The van der Waals surface area contributed by atoms with Gasteiger partial charge in [0.15, 0.2) is 15.6 Å².